The second-order valence-electron chi connectivity index (χ2n) is 9.21. The van der Waals surface area contributed by atoms with Crippen molar-refractivity contribution in [3.05, 3.63) is 102 Å². The molecule has 1 unspecified atom stereocenters. The molecular weight excluding hydrogens is 460 g/mol. The number of hydrogen-bond acceptors (Lipinski definition) is 4. The fourth-order valence-electron chi connectivity index (χ4n) is 5.56. The smallest absolute Gasteiger partial charge is 0.227 e. The lowest BCUT2D eigenvalue weighted by Gasteiger charge is -2.42. The molecule has 176 valence electrons. The lowest BCUT2D eigenvalue weighted by atomic mass is 9.89. The van der Waals surface area contributed by atoms with Crippen LogP contribution in [0.5, 0.6) is 0 Å². The van der Waals surface area contributed by atoms with Crippen molar-refractivity contribution in [3.8, 4) is 0 Å². The number of aromatic nitrogens is 1. The fourth-order valence-corrected chi connectivity index (χ4v) is 7.22. The van der Waals surface area contributed by atoms with E-state index in [1.807, 2.05) is 42.5 Å². The van der Waals surface area contributed by atoms with Gasteiger partial charge in [0, 0.05) is 36.1 Å². The molecule has 0 N–H and O–H groups in total. The maximum absolute atomic E-state index is 13.3. The predicted molar refractivity (Wildman–Crippen MR) is 133 cm³/mol. The molecule has 3 aromatic carbocycles. The number of carbonyl (C=O) groups is 2. The Bertz CT molecular complexity index is 1560. The molecule has 0 radical (unpaired) electrons. The number of ketones is 1. The average molecular weight is 485 g/mol. The van der Waals surface area contributed by atoms with E-state index in [0.717, 1.165) is 27.7 Å². The van der Waals surface area contributed by atoms with Gasteiger partial charge in [-0.2, -0.15) is 0 Å². The van der Waals surface area contributed by atoms with Crippen LogP contribution in [0.4, 0.5) is 0 Å². The Morgan fingerprint density at radius 2 is 1.49 bits per heavy atom. The van der Waals surface area contributed by atoms with Gasteiger partial charge in [-0.25, -0.2) is 8.42 Å². The van der Waals surface area contributed by atoms with Crippen LogP contribution in [0, 0.1) is 0 Å². The summed E-state index contributed by atoms with van der Waals surface area (Å²) in [4.78, 5) is 28.4. The number of Topliss-reactive ketones (excluding diaryl/α,β-unsaturated/α-hetero) is 1. The Labute approximate surface area is 203 Å². The zero-order valence-electron chi connectivity index (χ0n) is 19.0. The molecule has 2 atom stereocenters. The van der Waals surface area contributed by atoms with E-state index in [2.05, 4.69) is 16.7 Å². The Morgan fingerprint density at radius 3 is 2.23 bits per heavy atom. The maximum Gasteiger partial charge on any atom is 0.227 e. The van der Waals surface area contributed by atoms with E-state index >= 15 is 0 Å². The molecule has 0 spiro atoms. The molecule has 0 saturated carbocycles. The summed E-state index contributed by atoms with van der Waals surface area (Å²) in [6.45, 7) is 0.487. The van der Waals surface area contributed by atoms with Gasteiger partial charge in [0.05, 0.1) is 17.4 Å². The second-order valence-corrected chi connectivity index (χ2v) is 11.3. The summed E-state index contributed by atoms with van der Waals surface area (Å²) in [5.41, 5.74) is 4.02. The van der Waals surface area contributed by atoms with E-state index in [1.165, 1.54) is 12.1 Å². The van der Waals surface area contributed by atoms with Crippen molar-refractivity contribution in [1.29, 1.82) is 0 Å². The standard InChI is InChI=1S/C28H24N2O4S/c31-25-16-24-28-22(21-13-7-8-14-23(21)30(28)17-19-9-3-1-4-10-19)15-27(32)29(24)18-26(25)35(33,34)20-11-5-2-6-12-20/h1-14,24,26H,15-18H2/t24-,26?/m0/s1. The summed E-state index contributed by atoms with van der Waals surface area (Å²) in [5, 5.41) is -0.239. The predicted octanol–water partition coefficient (Wildman–Crippen LogP) is 3.93. The number of piperidine rings is 1. The molecule has 35 heavy (non-hydrogen) atoms. The molecule has 2 aliphatic heterocycles. The van der Waals surface area contributed by atoms with Gasteiger partial charge in [-0.15, -0.1) is 0 Å². The Kier molecular flexibility index (Phi) is 5.11. The first-order valence-corrected chi connectivity index (χ1v) is 13.2. The third-order valence-electron chi connectivity index (χ3n) is 7.21. The lowest BCUT2D eigenvalue weighted by molar-refractivity contribution is -0.138. The molecule has 7 heteroatoms. The van der Waals surface area contributed by atoms with E-state index in [-0.39, 0.29) is 36.0 Å². The molecule has 1 amide bonds. The van der Waals surface area contributed by atoms with E-state index in [0.29, 0.717) is 6.54 Å². The highest BCUT2D eigenvalue weighted by molar-refractivity contribution is 7.92. The number of benzene rings is 3. The van der Waals surface area contributed by atoms with Crippen LogP contribution >= 0.6 is 0 Å². The molecule has 6 nitrogen and oxygen atoms in total. The molecule has 1 saturated heterocycles. The highest BCUT2D eigenvalue weighted by Crippen LogP contribution is 2.42. The first kappa shape index (κ1) is 21.8. The van der Waals surface area contributed by atoms with Crippen molar-refractivity contribution in [1.82, 2.24) is 9.47 Å². The van der Waals surface area contributed by atoms with Crippen molar-refractivity contribution < 1.29 is 18.0 Å². The molecule has 6 rings (SSSR count). The van der Waals surface area contributed by atoms with Crippen molar-refractivity contribution >= 4 is 32.4 Å². The lowest BCUT2D eigenvalue weighted by Crippen LogP contribution is -2.54. The molecular formula is C28H24N2O4S. The summed E-state index contributed by atoms with van der Waals surface area (Å²) in [6.07, 6.45) is 0.182. The van der Waals surface area contributed by atoms with Crippen molar-refractivity contribution in [3.63, 3.8) is 0 Å². The van der Waals surface area contributed by atoms with Crippen LogP contribution in [0.25, 0.3) is 10.9 Å². The minimum Gasteiger partial charge on any atom is -0.338 e. The third-order valence-corrected chi connectivity index (χ3v) is 9.30. The second kappa shape index (κ2) is 8.20. The summed E-state index contributed by atoms with van der Waals surface area (Å²) in [7, 11) is -3.90. The highest BCUT2D eigenvalue weighted by atomic mass is 32.2. The number of nitrogens with zero attached hydrogens (tertiary/aromatic N) is 2. The number of carbonyl (C=O) groups excluding carboxylic acids is 2. The number of rotatable bonds is 4. The van der Waals surface area contributed by atoms with E-state index in [9.17, 15) is 18.0 Å². The first-order chi connectivity index (χ1) is 16.9. The van der Waals surface area contributed by atoms with Crippen LogP contribution in [-0.4, -0.2) is 41.4 Å². The third kappa shape index (κ3) is 3.49. The number of para-hydroxylation sites is 1. The molecule has 1 aromatic heterocycles. The van der Waals surface area contributed by atoms with Gasteiger partial charge < -0.3 is 9.47 Å². The number of amides is 1. The molecule has 3 heterocycles. The SMILES string of the molecule is O=C1C[C@H]2c3c(c4ccccc4n3Cc3ccccc3)CC(=O)N2CC1S(=O)(=O)c1ccccc1. The number of fused-ring (bicyclic) bond motifs is 5. The molecule has 2 aliphatic rings. The zero-order chi connectivity index (χ0) is 24.2. The molecule has 4 aromatic rings. The van der Waals surface area contributed by atoms with Crippen LogP contribution in [0.1, 0.15) is 29.3 Å². The first-order valence-electron chi connectivity index (χ1n) is 11.7. The van der Waals surface area contributed by atoms with Crippen LogP contribution in [0.2, 0.25) is 0 Å². The maximum atomic E-state index is 13.3. The average Bonchev–Trinajstić information content (AvgIpc) is 3.18. The van der Waals surface area contributed by atoms with Gasteiger partial charge in [0.2, 0.25) is 5.91 Å². The van der Waals surface area contributed by atoms with Crippen LogP contribution in [0.3, 0.4) is 0 Å². The van der Waals surface area contributed by atoms with Crippen molar-refractivity contribution in [2.24, 2.45) is 0 Å². The van der Waals surface area contributed by atoms with Gasteiger partial charge in [0.25, 0.3) is 0 Å². The Morgan fingerprint density at radius 1 is 0.829 bits per heavy atom. The van der Waals surface area contributed by atoms with Crippen LogP contribution in [0.15, 0.2) is 89.8 Å². The van der Waals surface area contributed by atoms with Crippen LogP contribution in [-0.2, 0) is 32.4 Å². The van der Waals surface area contributed by atoms with Gasteiger partial charge in [0.1, 0.15) is 5.25 Å². The number of sulfone groups is 1. The summed E-state index contributed by atoms with van der Waals surface area (Å²) >= 11 is 0. The van der Waals surface area contributed by atoms with Crippen molar-refractivity contribution in [2.75, 3.05) is 6.54 Å². The largest absolute Gasteiger partial charge is 0.338 e. The molecule has 0 bridgehead atoms. The quantitative estimate of drug-likeness (QED) is 0.440. The molecule has 0 aliphatic carbocycles. The van der Waals surface area contributed by atoms with Crippen LogP contribution < -0.4 is 0 Å². The van der Waals surface area contributed by atoms with Gasteiger partial charge >= 0.3 is 0 Å². The summed E-state index contributed by atoms with van der Waals surface area (Å²) < 4.78 is 28.8. The zero-order valence-corrected chi connectivity index (χ0v) is 19.8. The van der Waals surface area contributed by atoms with E-state index < -0.39 is 21.1 Å². The monoisotopic (exact) mass is 484 g/mol. The summed E-state index contributed by atoms with van der Waals surface area (Å²) in [5.74, 6) is -0.474. The van der Waals surface area contributed by atoms with E-state index in [4.69, 9.17) is 0 Å². The fraction of sp³-hybridized carbons (Fsp3) is 0.214. The molecule has 1 fully saturated rings. The number of hydrogen-bond donors (Lipinski definition) is 0. The highest BCUT2D eigenvalue weighted by Gasteiger charge is 2.48. The Hall–Kier alpha value is -3.71. The Balaban J connectivity index is 1.45. The normalized spacial score (nSPS) is 20.1. The van der Waals surface area contributed by atoms with E-state index in [1.54, 1.807) is 23.1 Å². The topological polar surface area (TPSA) is 76.5 Å². The van der Waals surface area contributed by atoms with Gasteiger partial charge in [-0.3, -0.25) is 9.59 Å². The van der Waals surface area contributed by atoms with Crippen molar-refractivity contribution in [2.45, 2.75) is 35.6 Å². The van der Waals surface area contributed by atoms with Gasteiger partial charge in [-0.1, -0.05) is 66.7 Å². The minimum atomic E-state index is -3.90. The van der Waals surface area contributed by atoms with Gasteiger partial charge in [-0.05, 0) is 29.3 Å². The van der Waals surface area contributed by atoms with Gasteiger partial charge in [0.15, 0.2) is 15.6 Å². The minimum absolute atomic E-state index is 0.0133. The summed E-state index contributed by atoms with van der Waals surface area (Å²) in [6, 6.07) is 25.6.